The van der Waals surface area contributed by atoms with E-state index in [0.29, 0.717) is 5.56 Å². The molecular weight excluding hydrogens is 369 g/mol. The van der Waals surface area contributed by atoms with Gasteiger partial charge in [0.1, 0.15) is 0 Å². The van der Waals surface area contributed by atoms with E-state index in [-0.39, 0.29) is 17.4 Å². The van der Waals surface area contributed by atoms with Crippen LogP contribution < -0.4 is 5.32 Å². The summed E-state index contributed by atoms with van der Waals surface area (Å²) in [7, 11) is 1.82. The quantitative estimate of drug-likeness (QED) is 0.624. The van der Waals surface area contributed by atoms with Gasteiger partial charge in [0, 0.05) is 0 Å². The number of benzene rings is 2. The summed E-state index contributed by atoms with van der Waals surface area (Å²) in [5.41, 5.74) is 4.90. The van der Waals surface area contributed by atoms with Gasteiger partial charge in [-0.05, 0) is 0 Å². The fourth-order valence-corrected chi connectivity index (χ4v) is 3.79. The van der Waals surface area contributed by atoms with Crippen LogP contribution in [0.2, 0.25) is 0 Å². The Kier molecular flexibility index (Phi) is 5.39. The molecule has 0 radical (unpaired) electrons. The fourth-order valence-electron chi connectivity index (χ4n) is 3.79. The van der Waals surface area contributed by atoms with E-state index >= 15 is 0 Å². The zero-order chi connectivity index (χ0) is 21.5. The Morgan fingerprint density at radius 2 is 1.80 bits per heavy atom. The first-order valence-electron chi connectivity index (χ1n) is 10.8. The van der Waals surface area contributed by atoms with Crippen molar-refractivity contribution in [3.05, 3.63) is 65.5 Å². The van der Waals surface area contributed by atoms with Crippen LogP contribution in [0.3, 0.4) is 0 Å². The van der Waals surface area contributed by atoms with E-state index in [1.54, 1.807) is 0 Å². The van der Waals surface area contributed by atoms with Crippen molar-refractivity contribution < 1.29 is 4.79 Å². The minimum atomic E-state index is -0.294. The third-order valence-electron chi connectivity index (χ3n) is 5.43. The molecule has 3 aromatic rings. The first-order chi connectivity index (χ1) is 14.2. The van der Waals surface area contributed by atoms with E-state index < -0.39 is 0 Å². The summed E-state index contributed by atoms with van der Waals surface area (Å²) in [5.74, 6) is 1.94. The summed E-state index contributed by atoms with van der Waals surface area (Å²) in [6, 6.07) is 14.9. The molecule has 4 nitrogen and oxygen atoms in total. The summed E-state index contributed by atoms with van der Waals surface area (Å²) >= 11 is 0. The number of nitrogens with one attached hydrogen (secondary N) is 1. The van der Waals surface area contributed by atoms with Crippen molar-refractivity contribution in [3.8, 4) is 16.8 Å². The molecule has 0 atom stereocenters. The Morgan fingerprint density at radius 1 is 1.10 bits per heavy atom. The van der Waals surface area contributed by atoms with Gasteiger partial charge >= 0.3 is 180 Å². The van der Waals surface area contributed by atoms with E-state index in [4.69, 9.17) is 0 Å². The molecule has 0 saturated heterocycles. The zero-order valence-corrected chi connectivity index (χ0v) is 18.6. The molecule has 1 aromatic heterocycles. The van der Waals surface area contributed by atoms with E-state index in [1.165, 1.54) is 18.4 Å². The van der Waals surface area contributed by atoms with E-state index in [2.05, 4.69) is 59.0 Å². The van der Waals surface area contributed by atoms with Crippen molar-refractivity contribution in [1.29, 1.82) is 0 Å². The van der Waals surface area contributed by atoms with Crippen LogP contribution in [0, 0.1) is 0 Å². The average molecular weight is 399 g/mol. The Labute approximate surface area is 180 Å². The second kappa shape index (κ2) is 7.86. The number of rotatable bonds is 5. The van der Waals surface area contributed by atoms with E-state index in [1.807, 2.05) is 46.0 Å². The van der Waals surface area contributed by atoms with Gasteiger partial charge in [-0.3, -0.25) is 0 Å². The first-order valence-corrected chi connectivity index (χ1v) is 10.8. The van der Waals surface area contributed by atoms with Crippen molar-refractivity contribution in [2.45, 2.75) is 64.8 Å². The topological polar surface area (TPSA) is 46.9 Å². The van der Waals surface area contributed by atoms with Gasteiger partial charge in [-0.25, -0.2) is 0 Å². The predicted molar refractivity (Wildman–Crippen MR) is 124 cm³/mol. The maximum atomic E-state index is 13.0. The van der Waals surface area contributed by atoms with Crippen LogP contribution in [0.5, 0.6) is 0 Å². The molecule has 0 unspecified atom stereocenters. The van der Waals surface area contributed by atoms with Crippen molar-refractivity contribution >= 4 is 13.0 Å². The molecule has 4 rings (SSSR count). The Balaban J connectivity index is 1.79. The van der Waals surface area contributed by atoms with Gasteiger partial charge in [0.05, 0.1) is 0 Å². The van der Waals surface area contributed by atoms with Crippen LogP contribution in [0.1, 0.15) is 81.0 Å². The number of hydrogen-bond donors (Lipinski definition) is 1. The summed E-state index contributed by atoms with van der Waals surface area (Å²) < 4.78 is 2.08. The molecule has 154 valence electrons. The van der Waals surface area contributed by atoms with Gasteiger partial charge < -0.3 is 0 Å². The SMILES string of the molecule is CC(C)c1nbcn1-c1cc(C(=O)NC(C)(C)C)cc(-c2ccc(C3CC3)cc2)c1. The molecule has 0 bridgehead atoms. The molecule has 1 saturated carbocycles. The monoisotopic (exact) mass is 399 g/mol. The summed E-state index contributed by atoms with van der Waals surface area (Å²) in [6.45, 7) is 10.3. The number of carbonyl (C=O) groups excluding carboxylic acids is 1. The minimum absolute atomic E-state index is 0.0635. The number of nitrogens with zero attached hydrogens (tertiary/aromatic N) is 2. The molecule has 0 aliphatic heterocycles. The van der Waals surface area contributed by atoms with Gasteiger partial charge in [-0.1, -0.05) is 0 Å². The van der Waals surface area contributed by atoms with Crippen molar-refractivity contribution in [1.82, 2.24) is 14.8 Å². The molecule has 0 spiro atoms. The Morgan fingerprint density at radius 3 is 2.40 bits per heavy atom. The van der Waals surface area contributed by atoms with Crippen LogP contribution >= 0.6 is 0 Å². The molecule has 1 heterocycles. The Bertz CT molecular complexity index is 1060. The third kappa shape index (κ3) is 4.56. The van der Waals surface area contributed by atoms with Crippen LogP contribution in [0.15, 0.2) is 48.6 Å². The first kappa shape index (κ1) is 20.6. The molecule has 2 aromatic carbocycles. The van der Waals surface area contributed by atoms with Crippen LogP contribution in [-0.4, -0.2) is 28.0 Å². The normalized spacial score (nSPS) is 14.1. The zero-order valence-electron chi connectivity index (χ0n) is 18.6. The van der Waals surface area contributed by atoms with Crippen molar-refractivity contribution in [2.75, 3.05) is 0 Å². The molecule has 1 aliphatic carbocycles. The Hall–Kier alpha value is -2.69. The van der Waals surface area contributed by atoms with Crippen LogP contribution in [0.4, 0.5) is 0 Å². The van der Waals surface area contributed by atoms with Crippen molar-refractivity contribution in [2.24, 2.45) is 0 Å². The second-order valence-electron chi connectivity index (χ2n) is 9.68. The van der Waals surface area contributed by atoms with Gasteiger partial charge in [-0.15, -0.1) is 0 Å². The van der Waals surface area contributed by atoms with Crippen molar-refractivity contribution in [3.63, 3.8) is 0 Å². The van der Waals surface area contributed by atoms with E-state index in [9.17, 15) is 4.79 Å². The molecule has 30 heavy (non-hydrogen) atoms. The molecule has 1 fully saturated rings. The summed E-state index contributed by atoms with van der Waals surface area (Å²) in [6.07, 6.45) is 4.56. The average Bonchev–Trinajstić information content (AvgIpc) is 3.42. The van der Waals surface area contributed by atoms with Crippen LogP contribution in [0.25, 0.3) is 16.8 Å². The number of amides is 1. The fraction of sp³-hybridized carbons (Fsp3) is 0.400. The second-order valence-corrected chi connectivity index (χ2v) is 9.68. The predicted octanol–water partition coefficient (Wildman–Crippen LogP) is 5.41. The summed E-state index contributed by atoms with van der Waals surface area (Å²) in [4.78, 5) is 17.5. The van der Waals surface area contributed by atoms with Crippen LogP contribution in [-0.2, 0) is 0 Å². The number of aromatic nitrogens is 2. The molecule has 1 N–H and O–H groups in total. The standard InChI is InChI=1S/C25H30BN3O/c1-16(2)23-28-26-15-29(23)22-13-20(12-21(14-22)24(30)27-25(3,4)5)19-10-8-18(9-11-19)17-6-7-17/h8-17H,6-7H2,1-5H3,(H,27,30). The maximum absolute atomic E-state index is 13.0. The molecule has 1 amide bonds. The molecule has 1 aliphatic rings. The number of hydrogen-bond acceptors (Lipinski definition) is 2. The number of carbonyl (C=O) groups is 1. The van der Waals surface area contributed by atoms with Gasteiger partial charge in [0.15, 0.2) is 0 Å². The van der Waals surface area contributed by atoms with Gasteiger partial charge in [0.2, 0.25) is 0 Å². The van der Waals surface area contributed by atoms with E-state index in [0.717, 1.165) is 28.6 Å². The van der Waals surface area contributed by atoms with Gasteiger partial charge in [0.25, 0.3) is 0 Å². The third-order valence-corrected chi connectivity index (χ3v) is 5.43. The van der Waals surface area contributed by atoms with Gasteiger partial charge in [-0.2, -0.15) is 0 Å². The molecule has 5 heteroatoms. The summed E-state index contributed by atoms with van der Waals surface area (Å²) in [5, 5.41) is 3.09. The molecular formula is C25H30BN3O.